The Bertz CT molecular complexity index is 590. The highest BCUT2D eigenvalue weighted by atomic mass is 19.4. The van der Waals surface area contributed by atoms with E-state index in [2.05, 4.69) is 36.4 Å². The van der Waals surface area contributed by atoms with Gasteiger partial charge in [0.05, 0.1) is 12.4 Å². The number of anilines is 2. The number of rotatable bonds is 4. The lowest BCUT2D eigenvalue weighted by Crippen LogP contribution is -2.19. The van der Waals surface area contributed by atoms with Crippen molar-refractivity contribution in [2.75, 3.05) is 11.9 Å². The molecule has 1 radical (unpaired) electrons. The summed E-state index contributed by atoms with van der Waals surface area (Å²) in [6.07, 6.45) is -0.710. The van der Waals surface area contributed by atoms with E-state index in [4.69, 9.17) is 0 Å². The Morgan fingerprint density at radius 2 is 2.15 bits per heavy atom. The summed E-state index contributed by atoms with van der Waals surface area (Å²) in [5.74, 6) is 1.05. The summed E-state index contributed by atoms with van der Waals surface area (Å²) < 4.78 is 40.7. The molecular formula is C11H9F3N5O. The zero-order valence-corrected chi connectivity index (χ0v) is 10.3. The molecule has 20 heavy (non-hydrogen) atoms. The van der Waals surface area contributed by atoms with Gasteiger partial charge in [0.25, 0.3) is 0 Å². The van der Waals surface area contributed by atoms with Gasteiger partial charge in [-0.25, -0.2) is 9.97 Å². The Morgan fingerprint density at radius 1 is 1.35 bits per heavy atom. The maximum atomic E-state index is 12.0. The summed E-state index contributed by atoms with van der Waals surface area (Å²) in [6.45, 7) is 0.286. The summed E-state index contributed by atoms with van der Waals surface area (Å²) in [5, 5.41) is 10.0. The van der Waals surface area contributed by atoms with Crippen LogP contribution >= 0.6 is 0 Å². The van der Waals surface area contributed by atoms with Crippen LogP contribution in [-0.4, -0.2) is 32.9 Å². The summed E-state index contributed by atoms with van der Waals surface area (Å²) in [5.41, 5.74) is 0. The molecule has 0 aliphatic carbocycles. The van der Waals surface area contributed by atoms with Crippen LogP contribution in [0, 0.1) is 13.1 Å². The molecule has 2 rings (SSSR count). The van der Waals surface area contributed by atoms with Crippen molar-refractivity contribution < 1.29 is 17.9 Å². The SMILES string of the molecule is Cc1n[c]cc(Nc2cc(OCC(F)(F)F)cnn2)n1. The molecule has 0 aromatic carbocycles. The summed E-state index contributed by atoms with van der Waals surface area (Å²) in [7, 11) is 0. The minimum Gasteiger partial charge on any atom is -0.482 e. The smallest absolute Gasteiger partial charge is 0.422 e. The quantitative estimate of drug-likeness (QED) is 0.926. The maximum absolute atomic E-state index is 12.0. The second kappa shape index (κ2) is 5.68. The Labute approximate surface area is 112 Å². The molecule has 0 unspecified atom stereocenters. The molecule has 0 amide bonds. The zero-order chi connectivity index (χ0) is 14.6. The van der Waals surface area contributed by atoms with Gasteiger partial charge in [-0.05, 0) is 6.92 Å². The van der Waals surface area contributed by atoms with E-state index in [0.717, 1.165) is 6.20 Å². The molecular weight excluding hydrogens is 275 g/mol. The van der Waals surface area contributed by atoms with Gasteiger partial charge >= 0.3 is 6.18 Å². The maximum Gasteiger partial charge on any atom is 0.422 e. The van der Waals surface area contributed by atoms with Crippen molar-refractivity contribution >= 4 is 11.6 Å². The molecule has 0 atom stereocenters. The van der Waals surface area contributed by atoms with Gasteiger partial charge in [-0.3, -0.25) is 0 Å². The third kappa shape index (κ3) is 4.34. The predicted octanol–water partition coefficient (Wildman–Crippen LogP) is 2.06. The average molecular weight is 284 g/mol. The van der Waals surface area contributed by atoms with Gasteiger partial charge < -0.3 is 10.1 Å². The van der Waals surface area contributed by atoms with Gasteiger partial charge in [0.1, 0.15) is 17.4 Å². The fraction of sp³-hybridized carbons (Fsp3) is 0.273. The molecule has 0 aliphatic heterocycles. The van der Waals surface area contributed by atoms with E-state index < -0.39 is 12.8 Å². The Kier molecular flexibility index (Phi) is 3.97. The lowest BCUT2D eigenvalue weighted by molar-refractivity contribution is -0.153. The number of aromatic nitrogens is 4. The van der Waals surface area contributed by atoms with Crippen LogP contribution in [0.15, 0.2) is 18.3 Å². The molecule has 2 aromatic rings. The van der Waals surface area contributed by atoms with Crippen molar-refractivity contribution in [3.05, 3.63) is 30.4 Å². The highest BCUT2D eigenvalue weighted by Gasteiger charge is 2.28. The minimum absolute atomic E-state index is 0.0467. The molecule has 0 saturated carbocycles. The third-order valence-corrected chi connectivity index (χ3v) is 2.00. The number of nitrogens with zero attached hydrogens (tertiary/aromatic N) is 4. The van der Waals surface area contributed by atoms with Crippen LogP contribution in [0.3, 0.4) is 0 Å². The van der Waals surface area contributed by atoms with Crippen LogP contribution in [0.2, 0.25) is 0 Å². The predicted molar refractivity (Wildman–Crippen MR) is 62.5 cm³/mol. The van der Waals surface area contributed by atoms with Gasteiger partial charge in [0.2, 0.25) is 0 Å². The fourth-order valence-electron chi connectivity index (χ4n) is 1.27. The number of alkyl halides is 3. The van der Waals surface area contributed by atoms with Crippen molar-refractivity contribution in [3.8, 4) is 5.75 Å². The molecule has 2 heterocycles. The second-order valence-corrected chi connectivity index (χ2v) is 3.73. The molecule has 9 heteroatoms. The van der Waals surface area contributed by atoms with Crippen molar-refractivity contribution in [3.63, 3.8) is 0 Å². The first kappa shape index (κ1) is 14.0. The first-order valence-electron chi connectivity index (χ1n) is 5.43. The van der Waals surface area contributed by atoms with Gasteiger partial charge in [0.15, 0.2) is 12.4 Å². The molecule has 0 spiro atoms. The molecule has 2 aromatic heterocycles. The number of aryl methyl sites for hydroxylation is 1. The van der Waals surface area contributed by atoms with Crippen molar-refractivity contribution in [1.82, 2.24) is 20.2 Å². The Hall–Kier alpha value is -2.45. The standard InChI is InChI=1S/C11H9F3N5O/c1-7-15-3-2-9(17-7)18-10-4-8(5-16-19-10)20-6-11(12,13)14/h2,4-5H,6H2,1H3,(H,15,17,18,19). The van der Waals surface area contributed by atoms with E-state index in [0.29, 0.717) is 11.6 Å². The minimum atomic E-state index is -4.41. The third-order valence-electron chi connectivity index (χ3n) is 2.00. The van der Waals surface area contributed by atoms with Crippen LogP contribution < -0.4 is 10.1 Å². The second-order valence-electron chi connectivity index (χ2n) is 3.73. The number of halogens is 3. The van der Waals surface area contributed by atoms with Crippen LogP contribution in [0.5, 0.6) is 5.75 Å². The first-order chi connectivity index (χ1) is 9.42. The summed E-state index contributed by atoms with van der Waals surface area (Å²) >= 11 is 0. The van der Waals surface area contributed by atoms with Crippen molar-refractivity contribution in [2.45, 2.75) is 13.1 Å². The molecule has 0 bridgehead atoms. The van der Waals surface area contributed by atoms with E-state index >= 15 is 0 Å². The molecule has 0 saturated heterocycles. The highest BCUT2D eigenvalue weighted by Crippen LogP contribution is 2.20. The topological polar surface area (TPSA) is 72.8 Å². The number of hydrogen-bond acceptors (Lipinski definition) is 6. The highest BCUT2D eigenvalue weighted by molar-refractivity contribution is 5.51. The van der Waals surface area contributed by atoms with E-state index in [9.17, 15) is 13.2 Å². The van der Waals surface area contributed by atoms with Crippen molar-refractivity contribution in [2.24, 2.45) is 0 Å². The van der Waals surface area contributed by atoms with Crippen LogP contribution in [-0.2, 0) is 0 Å². The van der Waals surface area contributed by atoms with E-state index in [1.165, 1.54) is 12.1 Å². The molecule has 0 fully saturated rings. The van der Waals surface area contributed by atoms with Gasteiger partial charge in [0, 0.05) is 12.1 Å². The van der Waals surface area contributed by atoms with Crippen LogP contribution in [0.4, 0.5) is 24.8 Å². The van der Waals surface area contributed by atoms with Crippen LogP contribution in [0.25, 0.3) is 0 Å². The number of hydrogen-bond donors (Lipinski definition) is 1. The number of ether oxygens (including phenoxy) is 1. The molecule has 1 N–H and O–H groups in total. The molecule has 105 valence electrons. The lowest BCUT2D eigenvalue weighted by atomic mass is 10.4. The van der Waals surface area contributed by atoms with Gasteiger partial charge in [-0.2, -0.15) is 18.3 Å². The van der Waals surface area contributed by atoms with Crippen LogP contribution in [0.1, 0.15) is 5.82 Å². The Morgan fingerprint density at radius 3 is 2.85 bits per heavy atom. The van der Waals surface area contributed by atoms with Crippen molar-refractivity contribution in [1.29, 1.82) is 0 Å². The van der Waals surface area contributed by atoms with E-state index in [1.807, 2.05) is 0 Å². The summed E-state index contributed by atoms with van der Waals surface area (Å²) in [4.78, 5) is 7.83. The Balaban J connectivity index is 2.06. The monoisotopic (exact) mass is 284 g/mol. The fourth-order valence-corrected chi connectivity index (χ4v) is 1.27. The first-order valence-corrected chi connectivity index (χ1v) is 5.43. The van der Waals surface area contributed by atoms with E-state index in [1.54, 1.807) is 6.92 Å². The molecule has 6 nitrogen and oxygen atoms in total. The summed E-state index contributed by atoms with van der Waals surface area (Å²) in [6, 6.07) is 2.76. The largest absolute Gasteiger partial charge is 0.482 e. The zero-order valence-electron chi connectivity index (χ0n) is 10.3. The van der Waals surface area contributed by atoms with Gasteiger partial charge in [-0.15, -0.1) is 5.10 Å². The van der Waals surface area contributed by atoms with Gasteiger partial charge in [-0.1, -0.05) is 0 Å². The molecule has 0 aliphatic rings. The normalized spacial score (nSPS) is 11.2. The average Bonchev–Trinajstić information content (AvgIpc) is 2.36. The lowest BCUT2D eigenvalue weighted by Gasteiger charge is -2.09. The number of nitrogens with one attached hydrogen (secondary N) is 1. The van der Waals surface area contributed by atoms with E-state index in [-0.39, 0.29) is 11.6 Å².